The first-order valence-electron chi connectivity index (χ1n) is 13.2. The molecule has 1 aliphatic heterocycles. The number of thiophene rings is 1. The predicted molar refractivity (Wildman–Crippen MR) is 150 cm³/mol. The molecule has 0 amide bonds. The van der Waals surface area contributed by atoms with Gasteiger partial charge in [0.05, 0.1) is 30.4 Å². The van der Waals surface area contributed by atoms with Crippen molar-refractivity contribution in [2.24, 2.45) is 11.7 Å². The van der Waals surface area contributed by atoms with Crippen LogP contribution >= 0.6 is 11.3 Å². The minimum atomic E-state index is -1.20. The highest BCUT2D eigenvalue weighted by Crippen LogP contribution is 2.52. The number of allylic oxidation sites excluding steroid dienone is 2. The Hall–Kier alpha value is -4.31. The molecule has 2 N–H and O–H groups in total. The number of ether oxygens (including phenoxy) is 2. The van der Waals surface area contributed by atoms with Crippen molar-refractivity contribution in [1.82, 2.24) is 0 Å². The van der Waals surface area contributed by atoms with Gasteiger partial charge in [-0.25, -0.2) is 13.6 Å². The van der Waals surface area contributed by atoms with Gasteiger partial charge in [-0.05, 0) is 67.6 Å². The van der Waals surface area contributed by atoms with E-state index in [9.17, 15) is 23.2 Å². The van der Waals surface area contributed by atoms with E-state index in [4.69, 9.17) is 15.2 Å². The normalized spacial score (nSPS) is 20.6. The molecule has 2 aliphatic rings. The van der Waals surface area contributed by atoms with Crippen LogP contribution in [0.25, 0.3) is 0 Å². The number of hydrogen-bond acceptors (Lipinski definition) is 8. The Labute approximate surface area is 239 Å². The quantitative estimate of drug-likeness (QED) is 0.290. The Morgan fingerprint density at radius 1 is 1.00 bits per heavy atom. The van der Waals surface area contributed by atoms with Crippen LogP contribution in [0, 0.1) is 17.6 Å². The number of esters is 2. The zero-order chi connectivity index (χ0) is 29.3. The van der Waals surface area contributed by atoms with Gasteiger partial charge in [0.1, 0.15) is 23.4 Å². The zero-order valence-electron chi connectivity index (χ0n) is 22.4. The number of hydrogen-bond donors (Lipinski definition) is 1. The number of nitrogens with zero attached hydrogens (tertiary/aromatic N) is 1. The maximum absolute atomic E-state index is 14.6. The highest BCUT2D eigenvalue weighted by molar-refractivity contribution is 7.10. The molecule has 41 heavy (non-hydrogen) atoms. The van der Waals surface area contributed by atoms with E-state index in [1.165, 1.54) is 58.7 Å². The van der Waals surface area contributed by atoms with Crippen LogP contribution in [0.3, 0.4) is 0 Å². The first kappa shape index (κ1) is 28.2. The predicted octanol–water partition coefficient (Wildman–Crippen LogP) is 5.55. The Morgan fingerprint density at radius 2 is 1.73 bits per heavy atom. The number of Topliss-reactive ketones (excluding diaryl/α,β-unsaturated/α-hetero) is 1. The topological polar surface area (TPSA) is 98.9 Å². The molecule has 5 rings (SSSR count). The molecule has 0 saturated carbocycles. The van der Waals surface area contributed by atoms with Gasteiger partial charge in [-0.1, -0.05) is 24.3 Å². The smallest absolute Gasteiger partial charge is 0.338 e. The lowest BCUT2D eigenvalue weighted by molar-refractivity contribution is -0.152. The maximum Gasteiger partial charge on any atom is 0.338 e. The van der Waals surface area contributed by atoms with E-state index >= 15 is 0 Å². The third-order valence-electron chi connectivity index (χ3n) is 7.25. The second-order valence-corrected chi connectivity index (χ2v) is 10.6. The number of nitrogens with two attached hydrogens (primary N) is 1. The highest BCUT2D eigenvalue weighted by Gasteiger charge is 2.51. The molecule has 1 aromatic heterocycles. The molecule has 0 radical (unpaired) electrons. The summed E-state index contributed by atoms with van der Waals surface area (Å²) in [6.07, 6.45) is 0.163. The number of anilines is 1. The summed E-state index contributed by atoms with van der Waals surface area (Å²) in [5.74, 6) is -5.98. The summed E-state index contributed by atoms with van der Waals surface area (Å²) in [6.45, 7) is 3.39. The van der Waals surface area contributed by atoms with E-state index in [0.717, 1.165) is 4.88 Å². The van der Waals surface area contributed by atoms with Crippen molar-refractivity contribution in [3.05, 3.63) is 111 Å². The molecule has 0 spiro atoms. The second-order valence-electron chi connectivity index (χ2n) is 9.60. The third-order valence-corrected chi connectivity index (χ3v) is 8.26. The van der Waals surface area contributed by atoms with Crippen LogP contribution in [0.4, 0.5) is 14.5 Å². The van der Waals surface area contributed by atoms with Gasteiger partial charge < -0.3 is 15.2 Å². The summed E-state index contributed by atoms with van der Waals surface area (Å²) < 4.78 is 39.2. The number of halogens is 2. The third kappa shape index (κ3) is 5.15. The van der Waals surface area contributed by atoms with Crippen molar-refractivity contribution >= 4 is 34.7 Å². The summed E-state index contributed by atoms with van der Waals surface area (Å²) in [4.78, 5) is 43.7. The first-order chi connectivity index (χ1) is 19.8. The average Bonchev–Trinajstić information content (AvgIpc) is 3.48. The fourth-order valence-corrected chi connectivity index (χ4v) is 6.47. The summed E-state index contributed by atoms with van der Waals surface area (Å²) in [5, 5.41) is 1.85. The standard InChI is InChI=1S/C31H28F2N2O5S/c1-3-39-30(37)25-21(23-9-6-14-41-23)16-22-26(28(25)36)24(17-10-12-18(32)13-11-17)27(31(38)40-4-2)29(34)35(22)20-8-5-7-19(33)15-20/h5-15,21,24-25H,3-4,16,34H2,1-2H3/t21-,24-,25-/m0/s1. The van der Waals surface area contributed by atoms with Crippen molar-refractivity contribution in [1.29, 1.82) is 0 Å². The summed E-state index contributed by atoms with van der Waals surface area (Å²) in [6, 6.07) is 14.7. The van der Waals surface area contributed by atoms with Gasteiger partial charge in [-0.2, -0.15) is 0 Å². The molecule has 0 bridgehead atoms. The van der Waals surface area contributed by atoms with Crippen molar-refractivity contribution in [3.8, 4) is 0 Å². The fourth-order valence-electron chi connectivity index (χ4n) is 5.61. The van der Waals surface area contributed by atoms with Crippen molar-refractivity contribution in [2.45, 2.75) is 32.1 Å². The van der Waals surface area contributed by atoms with E-state index in [-0.39, 0.29) is 36.6 Å². The van der Waals surface area contributed by atoms with Crippen LogP contribution in [0.15, 0.2) is 88.7 Å². The molecule has 0 saturated heterocycles. The SMILES string of the molecule is CCOC(=O)C1=C(N)N(c2cccc(F)c2)C2=C(C(=O)[C@@H](C(=O)OCC)[C@H](c3cccs3)C2)[C@@H]1c1ccc(F)cc1. The van der Waals surface area contributed by atoms with E-state index in [1.54, 1.807) is 19.9 Å². The van der Waals surface area contributed by atoms with Gasteiger partial charge in [0, 0.05) is 22.1 Å². The first-order valence-corrected chi connectivity index (χ1v) is 14.1. The van der Waals surface area contributed by atoms with Crippen LogP contribution in [0.5, 0.6) is 0 Å². The molecule has 0 unspecified atom stereocenters. The molecule has 2 heterocycles. The molecule has 212 valence electrons. The number of benzene rings is 2. The van der Waals surface area contributed by atoms with Gasteiger partial charge in [0.15, 0.2) is 5.78 Å². The highest BCUT2D eigenvalue weighted by atomic mass is 32.1. The number of carbonyl (C=O) groups is 3. The minimum Gasteiger partial charge on any atom is -0.465 e. The minimum absolute atomic E-state index is 0.0253. The number of rotatable bonds is 7. The number of ketones is 1. The Kier molecular flexibility index (Phi) is 8.03. The average molecular weight is 579 g/mol. The van der Waals surface area contributed by atoms with Crippen molar-refractivity contribution < 1.29 is 32.6 Å². The van der Waals surface area contributed by atoms with Crippen LogP contribution in [0.2, 0.25) is 0 Å². The number of carbonyl (C=O) groups excluding carboxylic acids is 3. The van der Waals surface area contributed by atoms with E-state index in [1.807, 2.05) is 17.5 Å². The van der Waals surface area contributed by atoms with Gasteiger partial charge >= 0.3 is 11.9 Å². The molecular formula is C31H28F2N2O5S. The Bertz CT molecular complexity index is 1550. The van der Waals surface area contributed by atoms with E-state index < -0.39 is 47.1 Å². The Balaban J connectivity index is 1.82. The molecule has 2 aromatic carbocycles. The van der Waals surface area contributed by atoms with Crippen LogP contribution in [0.1, 0.15) is 42.5 Å². The molecule has 3 aromatic rings. The second kappa shape index (κ2) is 11.7. The molecule has 10 heteroatoms. The van der Waals surface area contributed by atoms with Crippen molar-refractivity contribution in [2.75, 3.05) is 18.1 Å². The Morgan fingerprint density at radius 3 is 2.37 bits per heavy atom. The van der Waals surface area contributed by atoms with Gasteiger partial charge in [-0.15, -0.1) is 11.3 Å². The zero-order valence-corrected chi connectivity index (χ0v) is 23.3. The monoisotopic (exact) mass is 578 g/mol. The lowest BCUT2D eigenvalue weighted by Gasteiger charge is -2.43. The van der Waals surface area contributed by atoms with Gasteiger partial charge in [-0.3, -0.25) is 14.5 Å². The summed E-state index contributed by atoms with van der Waals surface area (Å²) >= 11 is 1.40. The van der Waals surface area contributed by atoms with Crippen molar-refractivity contribution in [3.63, 3.8) is 0 Å². The molecule has 0 fully saturated rings. The van der Waals surface area contributed by atoms with E-state index in [2.05, 4.69) is 0 Å². The lowest BCUT2D eigenvalue weighted by Crippen LogP contribution is -2.46. The molecule has 1 aliphatic carbocycles. The molecule has 7 nitrogen and oxygen atoms in total. The van der Waals surface area contributed by atoms with E-state index in [0.29, 0.717) is 16.9 Å². The van der Waals surface area contributed by atoms with Crippen LogP contribution in [-0.2, 0) is 23.9 Å². The summed E-state index contributed by atoms with van der Waals surface area (Å²) in [5.41, 5.74) is 7.91. The maximum atomic E-state index is 14.6. The summed E-state index contributed by atoms with van der Waals surface area (Å²) in [7, 11) is 0. The fraction of sp³-hybridized carbons (Fsp3) is 0.258. The van der Waals surface area contributed by atoms with Crippen LogP contribution < -0.4 is 10.6 Å². The van der Waals surface area contributed by atoms with Gasteiger partial charge in [0.2, 0.25) is 0 Å². The van der Waals surface area contributed by atoms with Gasteiger partial charge in [0.25, 0.3) is 0 Å². The molecule has 3 atom stereocenters. The molecular weight excluding hydrogens is 550 g/mol. The largest absolute Gasteiger partial charge is 0.465 e. The lowest BCUT2D eigenvalue weighted by atomic mass is 9.68. The van der Waals surface area contributed by atoms with Crippen LogP contribution in [-0.4, -0.2) is 30.9 Å².